The van der Waals surface area contributed by atoms with Crippen molar-refractivity contribution in [2.24, 2.45) is 7.05 Å². The molecule has 1 aromatic heterocycles. The molecule has 1 unspecified atom stereocenters. The molecule has 2 amide bonds. The molecular formula is C24H24FN5O5S. The number of aromatic nitrogens is 2. The Kier molecular flexibility index (Phi) is 7.74. The number of nitrogens with zero attached hydrogens (tertiary/aromatic N) is 3. The van der Waals surface area contributed by atoms with Gasteiger partial charge in [0.2, 0.25) is 5.91 Å². The van der Waals surface area contributed by atoms with Crippen molar-refractivity contribution in [2.75, 3.05) is 12.8 Å². The zero-order valence-electron chi connectivity index (χ0n) is 19.8. The van der Waals surface area contributed by atoms with Crippen LogP contribution in [0.5, 0.6) is 5.75 Å². The zero-order chi connectivity index (χ0) is 26.5. The molecule has 3 aromatic rings. The van der Waals surface area contributed by atoms with Gasteiger partial charge >= 0.3 is 10.1 Å². The number of aryl methyl sites for hydroxylation is 1. The Morgan fingerprint density at radius 2 is 2.00 bits per heavy atom. The second kappa shape index (κ2) is 10.6. The SMILES string of the molecule is Cn1cncc1C(C)(NC(=O)CCNC(=O)c1cccc(OS(C)(=O)=O)c1)c1ccc(C#N)c(F)c1. The van der Waals surface area contributed by atoms with E-state index in [0.29, 0.717) is 11.3 Å². The van der Waals surface area contributed by atoms with Gasteiger partial charge in [-0.1, -0.05) is 12.1 Å². The van der Waals surface area contributed by atoms with Crippen LogP contribution in [-0.2, 0) is 27.5 Å². The number of amides is 2. The van der Waals surface area contributed by atoms with E-state index >= 15 is 0 Å². The number of nitrogens with one attached hydrogen (secondary N) is 2. The highest BCUT2D eigenvalue weighted by atomic mass is 32.2. The van der Waals surface area contributed by atoms with Gasteiger partial charge in [0, 0.05) is 25.6 Å². The van der Waals surface area contributed by atoms with Gasteiger partial charge in [-0.25, -0.2) is 9.37 Å². The van der Waals surface area contributed by atoms with Crippen molar-refractivity contribution < 1.29 is 26.6 Å². The molecule has 188 valence electrons. The Morgan fingerprint density at radius 1 is 1.25 bits per heavy atom. The first kappa shape index (κ1) is 26.4. The van der Waals surface area contributed by atoms with Gasteiger partial charge in [-0.05, 0) is 42.8 Å². The Bertz CT molecular complexity index is 1450. The van der Waals surface area contributed by atoms with Gasteiger partial charge < -0.3 is 19.4 Å². The molecule has 36 heavy (non-hydrogen) atoms. The molecule has 0 aliphatic carbocycles. The van der Waals surface area contributed by atoms with E-state index in [2.05, 4.69) is 15.6 Å². The normalized spacial score (nSPS) is 12.8. The summed E-state index contributed by atoms with van der Waals surface area (Å²) < 4.78 is 43.4. The lowest BCUT2D eigenvalue weighted by Gasteiger charge is -2.32. The Labute approximate surface area is 207 Å². The number of hydrogen-bond acceptors (Lipinski definition) is 7. The van der Waals surface area contributed by atoms with E-state index in [1.54, 1.807) is 43.2 Å². The van der Waals surface area contributed by atoms with Crippen molar-refractivity contribution in [2.45, 2.75) is 18.9 Å². The maximum Gasteiger partial charge on any atom is 0.306 e. The molecule has 12 heteroatoms. The molecular weight excluding hydrogens is 489 g/mol. The van der Waals surface area contributed by atoms with Crippen molar-refractivity contribution in [1.82, 2.24) is 20.2 Å². The lowest BCUT2D eigenvalue weighted by Crippen LogP contribution is -2.46. The molecule has 1 atom stereocenters. The summed E-state index contributed by atoms with van der Waals surface area (Å²) in [6.07, 6.45) is 3.88. The number of carbonyl (C=O) groups is 2. The minimum atomic E-state index is -3.75. The van der Waals surface area contributed by atoms with Gasteiger partial charge in [0.25, 0.3) is 5.91 Å². The summed E-state index contributed by atoms with van der Waals surface area (Å²) in [5.74, 6) is -1.68. The summed E-state index contributed by atoms with van der Waals surface area (Å²) in [7, 11) is -2.02. The van der Waals surface area contributed by atoms with Gasteiger partial charge in [-0.15, -0.1) is 0 Å². The van der Waals surface area contributed by atoms with Crippen LogP contribution in [0.25, 0.3) is 0 Å². The van der Waals surface area contributed by atoms with Crippen molar-refractivity contribution in [3.05, 3.63) is 83.2 Å². The fourth-order valence-corrected chi connectivity index (χ4v) is 4.09. The van der Waals surface area contributed by atoms with Crippen molar-refractivity contribution in [3.8, 4) is 11.8 Å². The molecule has 0 fully saturated rings. The highest BCUT2D eigenvalue weighted by Crippen LogP contribution is 2.30. The van der Waals surface area contributed by atoms with Crippen LogP contribution in [0.4, 0.5) is 4.39 Å². The zero-order valence-corrected chi connectivity index (χ0v) is 20.6. The lowest BCUT2D eigenvalue weighted by molar-refractivity contribution is -0.122. The first-order valence-electron chi connectivity index (χ1n) is 10.7. The van der Waals surface area contributed by atoms with Crippen LogP contribution in [0.3, 0.4) is 0 Å². The second-order valence-electron chi connectivity index (χ2n) is 8.19. The molecule has 0 saturated heterocycles. The van der Waals surface area contributed by atoms with Crippen molar-refractivity contribution in [3.63, 3.8) is 0 Å². The minimum Gasteiger partial charge on any atom is -0.383 e. The number of carbonyl (C=O) groups excluding carboxylic acids is 2. The molecule has 0 aliphatic rings. The highest BCUT2D eigenvalue weighted by Gasteiger charge is 2.34. The van der Waals surface area contributed by atoms with E-state index in [-0.39, 0.29) is 29.8 Å². The van der Waals surface area contributed by atoms with Crippen molar-refractivity contribution in [1.29, 1.82) is 5.26 Å². The van der Waals surface area contributed by atoms with Crippen LogP contribution in [0.2, 0.25) is 0 Å². The summed E-state index contributed by atoms with van der Waals surface area (Å²) in [5, 5.41) is 14.5. The highest BCUT2D eigenvalue weighted by molar-refractivity contribution is 7.86. The number of halogens is 1. The maximum absolute atomic E-state index is 14.4. The molecule has 2 N–H and O–H groups in total. The summed E-state index contributed by atoms with van der Waals surface area (Å²) in [6.45, 7) is 1.67. The van der Waals surface area contributed by atoms with E-state index in [4.69, 9.17) is 9.44 Å². The van der Waals surface area contributed by atoms with E-state index in [1.165, 1.54) is 36.4 Å². The Balaban J connectivity index is 1.71. The first-order valence-corrected chi connectivity index (χ1v) is 12.5. The summed E-state index contributed by atoms with van der Waals surface area (Å²) in [6, 6.07) is 11.5. The smallest absolute Gasteiger partial charge is 0.306 e. The molecule has 10 nitrogen and oxygen atoms in total. The number of benzene rings is 2. The van der Waals surface area contributed by atoms with E-state index in [9.17, 15) is 22.4 Å². The molecule has 0 spiro atoms. The second-order valence-corrected chi connectivity index (χ2v) is 9.77. The van der Waals surface area contributed by atoms with Gasteiger partial charge in [0.15, 0.2) is 0 Å². The first-order chi connectivity index (χ1) is 16.9. The number of hydrogen-bond donors (Lipinski definition) is 2. The third kappa shape index (κ3) is 6.25. The predicted molar refractivity (Wildman–Crippen MR) is 128 cm³/mol. The number of nitriles is 1. The fraction of sp³-hybridized carbons (Fsp3) is 0.250. The quantitative estimate of drug-likeness (QED) is 0.416. The fourth-order valence-electron chi connectivity index (χ4n) is 3.64. The van der Waals surface area contributed by atoms with E-state index < -0.39 is 33.3 Å². The standard InChI is InChI=1S/C24H24FN5O5S/c1-24(21-14-27-15-30(21)2,18-8-7-17(13-26)20(25)12-18)29-22(31)9-10-28-23(32)16-5-4-6-19(11-16)35-36(3,33)34/h4-8,11-12,14-15H,9-10H2,1-3H3,(H,28,32)(H,29,31). The predicted octanol–water partition coefficient (Wildman–Crippen LogP) is 1.97. The molecule has 0 saturated carbocycles. The summed E-state index contributed by atoms with van der Waals surface area (Å²) >= 11 is 0. The molecule has 2 aromatic carbocycles. The largest absolute Gasteiger partial charge is 0.383 e. The van der Waals surface area contributed by atoms with Gasteiger partial charge in [0.05, 0.1) is 30.0 Å². The Morgan fingerprint density at radius 3 is 2.61 bits per heavy atom. The van der Waals surface area contributed by atoms with Gasteiger partial charge in [-0.3, -0.25) is 9.59 Å². The minimum absolute atomic E-state index is 0.00974. The van der Waals surface area contributed by atoms with Crippen molar-refractivity contribution >= 4 is 21.9 Å². The molecule has 3 rings (SSSR count). The molecule has 0 bridgehead atoms. The van der Waals surface area contributed by atoms with Crippen LogP contribution in [0.1, 0.15) is 40.5 Å². The number of imidazole rings is 1. The molecule has 1 heterocycles. The molecule has 0 aliphatic heterocycles. The van der Waals surface area contributed by atoms with Gasteiger partial charge in [-0.2, -0.15) is 13.7 Å². The monoisotopic (exact) mass is 513 g/mol. The third-order valence-electron chi connectivity index (χ3n) is 5.37. The van der Waals surface area contributed by atoms with Crippen LogP contribution in [-0.4, -0.2) is 42.6 Å². The van der Waals surface area contributed by atoms with Crippen LogP contribution < -0.4 is 14.8 Å². The average molecular weight is 514 g/mol. The van der Waals surface area contributed by atoms with Gasteiger partial charge in [0.1, 0.15) is 23.2 Å². The van der Waals surface area contributed by atoms with Crippen LogP contribution in [0.15, 0.2) is 55.0 Å². The van der Waals surface area contributed by atoms with Crippen LogP contribution in [0, 0.1) is 17.1 Å². The molecule has 0 radical (unpaired) electrons. The lowest BCUT2D eigenvalue weighted by atomic mass is 9.87. The summed E-state index contributed by atoms with van der Waals surface area (Å²) in [5.41, 5.74) is -0.164. The Hall–Kier alpha value is -4.24. The maximum atomic E-state index is 14.4. The number of rotatable bonds is 9. The van der Waals surface area contributed by atoms with Crippen LogP contribution >= 0.6 is 0 Å². The van der Waals surface area contributed by atoms with E-state index in [0.717, 1.165) is 6.26 Å². The summed E-state index contributed by atoms with van der Waals surface area (Å²) in [4.78, 5) is 29.4. The average Bonchev–Trinajstić information content (AvgIpc) is 3.24. The van der Waals surface area contributed by atoms with E-state index in [1.807, 2.05) is 0 Å². The topological polar surface area (TPSA) is 143 Å². The third-order valence-corrected chi connectivity index (χ3v) is 5.86.